The van der Waals surface area contributed by atoms with Gasteiger partial charge < -0.3 is 5.11 Å². The van der Waals surface area contributed by atoms with Crippen LogP contribution in [0.15, 0.2) is 18.2 Å². The molecule has 72 valence electrons. The van der Waals surface area contributed by atoms with E-state index in [1.807, 2.05) is 0 Å². The molecule has 0 atom stereocenters. The fraction of sp³-hybridized carbons (Fsp3) is 0. The van der Waals surface area contributed by atoms with Crippen molar-refractivity contribution in [1.82, 2.24) is 0 Å². The minimum Gasteiger partial charge on any atom is -0.477 e. The Balaban J connectivity index is 2.82. The zero-order valence-electron chi connectivity index (χ0n) is 6.75. The maximum absolute atomic E-state index is 13.2. The summed E-state index contributed by atoms with van der Waals surface area (Å²) in [6.07, 6.45) is 0. The van der Waals surface area contributed by atoms with E-state index in [0.29, 0.717) is 10.4 Å². The van der Waals surface area contributed by atoms with Crippen LogP contribution >= 0.6 is 22.9 Å². The molecule has 0 saturated heterocycles. The first-order chi connectivity index (χ1) is 6.59. The van der Waals surface area contributed by atoms with Gasteiger partial charge in [0.25, 0.3) is 0 Å². The highest BCUT2D eigenvalue weighted by molar-refractivity contribution is 7.20. The number of carbonyl (C=O) groups is 1. The Morgan fingerprint density at radius 1 is 1.50 bits per heavy atom. The van der Waals surface area contributed by atoms with Gasteiger partial charge in [-0.2, -0.15) is 0 Å². The summed E-state index contributed by atoms with van der Waals surface area (Å²) in [5.41, 5.74) is 0. The van der Waals surface area contributed by atoms with Crippen molar-refractivity contribution in [3.05, 3.63) is 33.9 Å². The zero-order chi connectivity index (χ0) is 10.3. The quantitative estimate of drug-likeness (QED) is 0.815. The van der Waals surface area contributed by atoms with Gasteiger partial charge in [-0.05, 0) is 18.2 Å². The number of hydrogen-bond donors (Lipinski definition) is 1. The summed E-state index contributed by atoms with van der Waals surface area (Å²) in [7, 11) is 0. The predicted molar refractivity (Wildman–Crippen MR) is 53.8 cm³/mol. The lowest BCUT2D eigenvalue weighted by atomic mass is 10.2. The van der Waals surface area contributed by atoms with Crippen LogP contribution in [-0.4, -0.2) is 11.1 Å². The Morgan fingerprint density at radius 3 is 2.79 bits per heavy atom. The number of carboxylic acid groups (broad SMARTS) is 1. The van der Waals surface area contributed by atoms with Crippen molar-refractivity contribution < 1.29 is 14.3 Å². The van der Waals surface area contributed by atoms with Crippen molar-refractivity contribution in [2.75, 3.05) is 0 Å². The molecule has 0 amide bonds. The summed E-state index contributed by atoms with van der Waals surface area (Å²) in [5.74, 6) is -1.51. The second-order valence-corrected chi connectivity index (χ2v) is 4.15. The third-order valence-electron chi connectivity index (χ3n) is 1.79. The monoisotopic (exact) mass is 230 g/mol. The van der Waals surface area contributed by atoms with Crippen molar-refractivity contribution in [1.29, 1.82) is 0 Å². The molecular formula is C9H4ClFO2S. The van der Waals surface area contributed by atoms with Gasteiger partial charge in [-0.15, -0.1) is 11.3 Å². The van der Waals surface area contributed by atoms with Crippen LogP contribution in [0.5, 0.6) is 0 Å². The summed E-state index contributed by atoms with van der Waals surface area (Å²) < 4.78 is 13.5. The van der Waals surface area contributed by atoms with Gasteiger partial charge in [-0.3, -0.25) is 0 Å². The minimum atomic E-state index is -1.07. The molecule has 0 spiro atoms. The maximum Gasteiger partial charge on any atom is 0.345 e. The largest absolute Gasteiger partial charge is 0.477 e. The lowest BCUT2D eigenvalue weighted by molar-refractivity contribution is 0.0702. The SMILES string of the molecule is O=C(O)c1cc2c(Cl)ccc(F)c2s1. The van der Waals surface area contributed by atoms with E-state index in [1.54, 1.807) is 0 Å². The molecule has 0 aliphatic heterocycles. The van der Waals surface area contributed by atoms with Gasteiger partial charge >= 0.3 is 5.97 Å². The summed E-state index contributed by atoms with van der Waals surface area (Å²) in [6.45, 7) is 0. The van der Waals surface area contributed by atoms with Crippen LogP contribution < -0.4 is 0 Å². The average Bonchev–Trinajstić information content (AvgIpc) is 2.57. The fourth-order valence-corrected chi connectivity index (χ4v) is 2.36. The third kappa shape index (κ3) is 1.36. The van der Waals surface area contributed by atoms with Crippen LogP contribution in [-0.2, 0) is 0 Å². The number of aromatic carboxylic acids is 1. The summed E-state index contributed by atoms with van der Waals surface area (Å²) >= 11 is 6.68. The number of rotatable bonds is 1. The Hall–Kier alpha value is -1.13. The Kier molecular flexibility index (Phi) is 2.17. The van der Waals surface area contributed by atoms with Crippen LogP contribution in [0.1, 0.15) is 9.67 Å². The number of carboxylic acids is 1. The molecule has 1 aromatic heterocycles. The lowest BCUT2D eigenvalue weighted by Crippen LogP contribution is -1.89. The smallest absolute Gasteiger partial charge is 0.345 e. The minimum absolute atomic E-state index is 0.0898. The Bertz CT molecular complexity index is 482. The van der Waals surface area contributed by atoms with Crippen molar-refractivity contribution in [3.8, 4) is 0 Å². The van der Waals surface area contributed by atoms with Gasteiger partial charge in [0, 0.05) is 10.4 Å². The second-order valence-electron chi connectivity index (χ2n) is 2.69. The second kappa shape index (κ2) is 3.22. The van der Waals surface area contributed by atoms with E-state index in [4.69, 9.17) is 16.7 Å². The molecule has 0 radical (unpaired) electrons. The highest BCUT2D eigenvalue weighted by Gasteiger charge is 2.13. The third-order valence-corrected chi connectivity index (χ3v) is 3.25. The first-order valence-corrected chi connectivity index (χ1v) is 4.90. The van der Waals surface area contributed by atoms with Crippen LogP contribution in [0.25, 0.3) is 10.1 Å². The van der Waals surface area contributed by atoms with Gasteiger partial charge in [-0.25, -0.2) is 9.18 Å². The topological polar surface area (TPSA) is 37.3 Å². The van der Waals surface area contributed by atoms with Crippen molar-refractivity contribution in [2.24, 2.45) is 0 Å². The first-order valence-electron chi connectivity index (χ1n) is 3.70. The van der Waals surface area contributed by atoms with E-state index in [1.165, 1.54) is 18.2 Å². The van der Waals surface area contributed by atoms with E-state index >= 15 is 0 Å². The molecule has 1 heterocycles. The van der Waals surface area contributed by atoms with Crippen LogP contribution in [0, 0.1) is 5.82 Å². The highest BCUT2D eigenvalue weighted by Crippen LogP contribution is 2.33. The van der Waals surface area contributed by atoms with Crippen molar-refractivity contribution in [3.63, 3.8) is 0 Å². The van der Waals surface area contributed by atoms with E-state index in [-0.39, 0.29) is 9.58 Å². The van der Waals surface area contributed by atoms with E-state index in [2.05, 4.69) is 0 Å². The Labute approximate surface area is 87.5 Å². The molecule has 0 fully saturated rings. The summed E-state index contributed by atoms with van der Waals surface area (Å²) in [5, 5.41) is 9.53. The molecular weight excluding hydrogens is 227 g/mol. The normalized spacial score (nSPS) is 10.7. The van der Waals surface area contributed by atoms with Gasteiger partial charge in [0.2, 0.25) is 0 Å². The van der Waals surface area contributed by atoms with Gasteiger partial charge in [0.15, 0.2) is 0 Å². The molecule has 2 rings (SSSR count). The molecule has 1 aromatic carbocycles. The average molecular weight is 231 g/mol. The molecule has 5 heteroatoms. The van der Waals surface area contributed by atoms with Gasteiger partial charge in [0.1, 0.15) is 10.7 Å². The van der Waals surface area contributed by atoms with Gasteiger partial charge in [0.05, 0.1) is 4.70 Å². The molecule has 0 unspecified atom stereocenters. The zero-order valence-corrected chi connectivity index (χ0v) is 8.32. The van der Waals surface area contributed by atoms with Crippen molar-refractivity contribution in [2.45, 2.75) is 0 Å². The lowest BCUT2D eigenvalue weighted by Gasteiger charge is -1.93. The number of benzene rings is 1. The Morgan fingerprint density at radius 2 is 2.21 bits per heavy atom. The molecule has 0 saturated carbocycles. The van der Waals surface area contributed by atoms with E-state index in [9.17, 15) is 9.18 Å². The summed E-state index contributed by atoms with van der Waals surface area (Å²) in [6, 6.07) is 4.03. The fourth-order valence-electron chi connectivity index (χ4n) is 1.16. The molecule has 0 aliphatic rings. The standard InChI is InChI=1S/C9H4ClFO2S/c10-5-1-2-6(11)8-4(5)3-7(14-8)9(12)13/h1-3H,(H,12,13). The molecule has 2 nitrogen and oxygen atoms in total. The predicted octanol–water partition coefficient (Wildman–Crippen LogP) is 3.39. The van der Waals surface area contributed by atoms with Crippen LogP contribution in [0.2, 0.25) is 5.02 Å². The van der Waals surface area contributed by atoms with E-state index < -0.39 is 11.8 Å². The maximum atomic E-state index is 13.2. The molecule has 0 bridgehead atoms. The molecule has 14 heavy (non-hydrogen) atoms. The highest BCUT2D eigenvalue weighted by atomic mass is 35.5. The van der Waals surface area contributed by atoms with E-state index in [0.717, 1.165) is 11.3 Å². The van der Waals surface area contributed by atoms with Crippen LogP contribution in [0.4, 0.5) is 4.39 Å². The molecule has 0 aliphatic carbocycles. The molecule has 2 aromatic rings. The summed E-state index contributed by atoms with van der Waals surface area (Å²) in [4.78, 5) is 10.7. The number of halogens is 2. The van der Waals surface area contributed by atoms with Crippen molar-refractivity contribution >= 4 is 39.0 Å². The first kappa shape index (κ1) is 9.43. The molecule has 1 N–H and O–H groups in total. The number of thiophene rings is 1. The van der Waals surface area contributed by atoms with Gasteiger partial charge in [-0.1, -0.05) is 11.6 Å². The number of fused-ring (bicyclic) bond motifs is 1. The number of hydrogen-bond acceptors (Lipinski definition) is 2. The van der Waals surface area contributed by atoms with Crippen LogP contribution in [0.3, 0.4) is 0 Å².